The summed E-state index contributed by atoms with van der Waals surface area (Å²) >= 11 is 7.42. The minimum atomic E-state index is -0.154. The lowest BCUT2D eigenvalue weighted by molar-refractivity contribution is -0.113. The first kappa shape index (κ1) is 19.3. The quantitative estimate of drug-likeness (QED) is 0.623. The number of methoxy groups -OCH3 is 1. The normalized spacial score (nSPS) is 10.7. The number of benzene rings is 2. The van der Waals surface area contributed by atoms with Crippen LogP contribution in [0.1, 0.15) is 11.4 Å². The van der Waals surface area contributed by atoms with E-state index in [1.165, 1.54) is 11.8 Å². The van der Waals surface area contributed by atoms with Crippen LogP contribution >= 0.6 is 23.4 Å². The summed E-state index contributed by atoms with van der Waals surface area (Å²) < 4.78 is 7.07. The smallest absolute Gasteiger partial charge is 0.234 e. The molecule has 0 aliphatic carbocycles. The summed E-state index contributed by atoms with van der Waals surface area (Å²) in [7, 11) is 1.54. The first-order valence-corrected chi connectivity index (χ1v) is 9.60. The van der Waals surface area contributed by atoms with E-state index in [0.29, 0.717) is 21.6 Å². The SMILES string of the molecule is COc1ccc(NC(=O)CSc2nnc(C)n2-c2ccccc2C)cc1Cl. The Labute approximate surface area is 166 Å². The molecule has 1 N–H and O–H groups in total. The molecule has 0 bridgehead atoms. The number of aryl methyl sites for hydroxylation is 2. The molecular weight excluding hydrogens is 384 g/mol. The molecule has 140 valence electrons. The number of nitrogens with one attached hydrogen (secondary N) is 1. The summed E-state index contributed by atoms with van der Waals surface area (Å²) in [5.74, 6) is 1.38. The van der Waals surface area contributed by atoms with Crippen LogP contribution in [0.2, 0.25) is 5.02 Å². The highest BCUT2D eigenvalue weighted by Gasteiger charge is 2.15. The number of rotatable bonds is 6. The summed E-state index contributed by atoms with van der Waals surface area (Å²) in [6.07, 6.45) is 0. The zero-order valence-corrected chi connectivity index (χ0v) is 16.8. The number of hydrogen-bond donors (Lipinski definition) is 1. The van der Waals surface area contributed by atoms with Crippen molar-refractivity contribution >= 4 is 35.0 Å². The highest BCUT2D eigenvalue weighted by molar-refractivity contribution is 7.99. The van der Waals surface area contributed by atoms with Crippen molar-refractivity contribution < 1.29 is 9.53 Å². The Kier molecular flexibility index (Phi) is 6.03. The Balaban J connectivity index is 1.70. The van der Waals surface area contributed by atoms with Gasteiger partial charge in [0.25, 0.3) is 0 Å². The van der Waals surface area contributed by atoms with Gasteiger partial charge in [0.05, 0.1) is 23.6 Å². The van der Waals surface area contributed by atoms with E-state index in [9.17, 15) is 4.79 Å². The number of hydrogen-bond acceptors (Lipinski definition) is 5. The number of aromatic nitrogens is 3. The van der Waals surface area contributed by atoms with Crippen LogP contribution in [0.25, 0.3) is 5.69 Å². The first-order chi connectivity index (χ1) is 13.0. The summed E-state index contributed by atoms with van der Waals surface area (Å²) in [6.45, 7) is 3.92. The number of carbonyl (C=O) groups is 1. The third-order valence-electron chi connectivity index (χ3n) is 3.92. The highest BCUT2D eigenvalue weighted by Crippen LogP contribution is 2.28. The third-order valence-corrected chi connectivity index (χ3v) is 5.14. The van der Waals surface area contributed by atoms with Crippen molar-refractivity contribution in [3.05, 3.63) is 58.9 Å². The molecule has 3 rings (SSSR count). The lowest BCUT2D eigenvalue weighted by Crippen LogP contribution is -2.14. The Morgan fingerprint density at radius 3 is 2.70 bits per heavy atom. The molecule has 0 fully saturated rings. The van der Waals surface area contributed by atoms with E-state index in [2.05, 4.69) is 15.5 Å². The van der Waals surface area contributed by atoms with Crippen LogP contribution in [0.5, 0.6) is 5.75 Å². The number of carbonyl (C=O) groups excluding carboxylic acids is 1. The molecule has 1 heterocycles. The number of thioether (sulfide) groups is 1. The molecule has 0 atom stereocenters. The molecule has 1 amide bonds. The Bertz CT molecular complexity index is 974. The third kappa shape index (κ3) is 4.43. The predicted octanol–water partition coefficient (Wildman–Crippen LogP) is 4.28. The van der Waals surface area contributed by atoms with E-state index in [-0.39, 0.29) is 11.7 Å². The molecular formula is C19H19ClN4O2S. The Morgan fingerprint density at radius 2 is 2.00 bits per heavy atom. The lowest BCUT2D eigenvalue weighted by Gasteiger charge is -2.11. The zero-order chi connectivity index (χ0) is 19.4. The number of ether oxygens (including phenoxy) is 1. The average Bonchev–Trinajstić information content (AvgIpc) is 3.01. The fraction of sp³-hybridized carbons (Fsp3) is 0.211. The molecule has 0 spiro atoms. The molecule has 2 aromatic carbocycles. The van der Waals surface area contributed by atoms with Gasteiger partial charge >= 0.3 is 0 Å². The van der Waals surface area contributed by atoms with Gasteiger partial charge in [-0.2, -0.15) is 0 Å². The molecule has 0 saturated carbocycles. The van der Waals surface area contributed by atoms with Gasteiger partial charge in [-0.3, -0.25) is 9.36 Å². The van der Waals surface area contributed by atoms with Gasteiger partial charge in [0, 0.05) is 5.69 Å². The number of halogens is 1. The van der Waals surface area contributed by atoms with E-state index in [1.54, 1.807) is 25.3 Å². The second-order valence-electron chi connectivity index (χ2n) is 5.84. The maximum atomic E-state index is 12.3. The number of para-hydroxylation sites is 1. The van der Waals surface area contributed by atoms with Gasteiger partial charge in [0.2, 0.25) is 5.91 Å². The molecule has 27 heavy (non-hydrogen) atoms. The van der Waals surface area contributed by atoms with Crippen LogP contribution in [-0.2, 0) is 4.79 Å². The van der Waals surface area contributed by atoms with Crippen LogP contribution in [0.15, 0.2) is 47.6 Å². The lowest BCUT2D eigenvalue weighted by atomic mass is 10.2. The van der Waals surface area contributed by atoms with Crippen molar-refractivity contribution in [1.29, 1.82) is 0 Å². The van der Waals surface area contributed by atoms with Gasteiger partial charge in [-0.05, 0) is 43.7 Å². The molecule has 6 nitrogen and oxygen atoms in total. The number of nitrogens with zero attached hydrogens (tertiary/aromatic N) is 3. The fourth-order valence-electron chi connectivity index (χ4n) is 2.60. The second kappa shape index (κ2) is 8.45. The number of amides is 1. The minimum Gasteiger partial charge on any atom is -0.495 e. The van der Waals surface area contributed by atoms with Crippen molar-refractivity contribution in [2.24, 2.45) is 0 Å². The molecule has 0 aliphatic rings. The van der Waals surface area contributed by atoms with Crippen molar-refractivity contribution in [2.75, 3.05) is 18.2 Å². The zero-order valence-electron chi connectivity index (χ0n) is 15.2. The molecule has 1 aromatic heterocycles. The van der Waals surface area contributed by atoms with Gasteiger partial charge in [-0.15, -0.1) is 10.2 Å². The maximum absolute atomic E-state index is 12.3. The highest BCUT2D eigenvalue weighted by atomic mass is 35.5. The molecule has 0 radical (unpaired) electrons. The second-order valence-corrected chi connectivity index (χ2v) is 7.19. The van der Waals surface area contributed by atoms with Gasteiger partial charge in [0.15, 0.2) is 5.16 Å². The largest absolute Gasteiger partial charge is 0.495 e. The van der Waals surface area contributed by atoms with Crippen LogP contribution in [0.4, 0.5) is 5.69 Å². The fourth-order valence-corrected chi connectivity index (χ4v) is 3.65. The van der Waals surface area contributed by atoms with Crippen molar-refractivity contribution in [2.45, 2.75) is 19.0 Å². The van der Waals surface area contributed by atoms with Crippen molar-refractivity contribution in [1.82, 2.24) is 14.8 Å². The Hall–Kier alpha value is -2.51. The minimum absolute atomic E-state index is 0.154. The van der Waals surface area contributed by atoms with Crippen LogP contribution in [0, 0.1) is 13.8 Å². The van der Waals surface area contributed by atoms with E-state index >= 15 is 0 Å². The topological polar surface area (TPSA) is 69.0 Å². The van der Waals surface area contributed by atoms with Crippen LogP contribution in [-0.4, -0.2) is 33.5 Å². The molecule has 0 saturated heterocycles. The maximum Gasteiger partial charge on any atom is 0.234 e. The summed E-state index contributed by atoms with van der Waals surface area (Å²) in [5.41, 5.74) is 2.73. The van der Waals surface area contributed by atoms with E-state index < -0.39 is 0 Å². The monoisotopic (exact) mass is 402 g/mol. The van der Waals surface area contributed by atoms with Gasteiger partial charge < -0.3 is 10.1 Å². The van der Waals surface area contributed by atoms with E-state index in [4.69, 9.17) is 16.3 Å². The van der Waals surface area contributed by atoms with E-state index in [1.807, 2.05) is 42.7 Å². The molecule has 0 unspecified atom stereocenters. The van der Waals surface area contributed by atoms with Gasteiger partial charge in [0.1, 0.15) is 11.6 Å². The van der Waals surface area contributed by atoms with Crippen molar-refractivity contribution in [3.8, 4) is 11.4 Å². The summed E-state index contributed by atoms with van der Waals surface area (Å²) in [6, 6.07) is 13.1. The van der Waals surface area contributed by atoms with E-state index in [0.717, 1.165) is 17.1 Å². The van der Waals surface area contributed by atoms with Crippen LogP contribution in [0.3, 0.4) is 0 Å². The van der Waals surface area contributed by atoms with Crippen LogP contribution < -0.4 is 10.1 Å². The summed E-state index contributed by atoms with van der Waals surface area (Å²) in [4.78, 5) is 12.3. The molecule has 8 heteroatoms. The van der Waals surface area contributed by atoms with Crippen molar-refractivity contribution in [3.63, 3.8) is 0 Å². The standard InChI is InChI=1S/C19H19ClN4O2S/c1-12-6-4-5-7-16(12)24-13(2)22-23-19(24)27-11-18(25)21-14-8-9-17(26-3)15(20)10-14/h4-10H,11H2,1-3H3,(H,21,25). The molecule has 3 aromatic rings. The van der Waals surface area contributed by atoms with Gasteiger partial charge in [-0.1, -0.05) is 41.6 Å². The summed E-state index contributed by atoms with van der Waals surface area (Å²) in [5, 5.41) is 12.3. The van der Waals surface area contributed by atoms with Gasteiger partial charge in [-0.25, -0.2) is 0 Å². The average molecular weight is 403 g/mol. The predicted molar refractivity (Wildman–Crippen MR) is 108 cm³/mol. The Morgan fingerprint density at radius 1 is 1.22 bits per heavy atom. The molecule has 0 aliphatic heterocycles. The number of anilines is 1. The first-order valence-electron chi connectivity index (χ1n) is 8.24.